The van der Waals surface area contributed by atoms with E-state index in [0.29, 0.717) is 11.6 Å². The molecule has 1 aromatic heterocycles. The van der Waals surface area contributed by atoms with Crippen LogP contribution in [0.4, 0.5) is 11.4 Å². The number of hydrogen-bond donors (Lipinski definition) is 2. The fourth-order valence-electron chi connectivity index (χ4n) is 3.85. The summed E-state index contributed by atoms with van der Waals surface area (Å²) in [5, 5.41) is 7.94. The van der Waals surface area contributed by atoms with Gasteiger partial charge in [-0.2, -0.15) is 5.10 Å². The Morgan fingerprint density at radius 2 is 2.00 bits per heavy atom. The third-order valence-electron chi connectivity index (χ3n) is 5.62. The van der Waals surface area contributed by atoms with Gasteiger partial charge < -0.3 is 14.8 Å². The van der Waals surface area contributed by atoms with Crippen molar-refractivity contribution in [2.24, 2.45) is 5.92 Å². The van der Waals surface area contributed by atoms with E-state index in [1.807, 2.05) is 30.3 Å². The van der Waals surface area contributed by atoms with Crippen molar-refractivity contribution >= 4 is 35.1 Å². The molecule has 1 atom stereocenters. The highest BCUT2D eigenvalue weighted by Gasteiger charge is 2.24. The monoisotopic (exact) mass is 449 g/mol. The van der Waals surface area contributed by atoms with Crippen LogP contribution in [0.15, 0.2) is 41.3 Å². The number of ether oxygens (including phenoxy) is 1. The molecular formula is C21H28ClN5O2S. The van der Waals surface area contributed by atoms with E-state index in [-0.39, 0.29) is 16.6 Å². The van der Waals surface area contributed by atoms with E-state index >= 15 is 0 Å². The Bertz CT molecular complexity index is 867. The van der Waals surface area contributed by atoms with E-state index in [9.17, 15) is 4.79 Å². The molecule has 0 spiro atoms. The first-order chi connectivity index (χ1) is 14.7. The van der Waals surface area contributed by atoms with Crippen LogP contribution in [-0.4, -0.2) is 46.9 Å². The van der Waals surface area contributed by atoms with E-state index in [1.165, 1.54) is 0 Å². The van der Waals surface area contributed by atoms with Gasteiger partial charge in [0.15, 0.2) is 0 Å². The molecule has 1 unspecified atom stereocenters. The minimum Gasteiger partial charge on any atom is -0.382 e. The van der Waals surface area contributed by atoms with Gasteiger partial charge in [0.05, 0.1) is 24.5 Å². The van der Waals surface area contributed by atoms with Gasteiger partial charge in [0.2, 0.25) is 0 Å². The van der Waals surface area contributed by atoms with Crippen LogP contribution in [0, 0.1) is 5.92 Å². The molecule has 4 rings (SSSR count). The molecular weight excluding hydrogens is 422 g/mol. The van der Waals surface area contributed by atoms with Gasteiger partial charge in [0, 0.05) is 44.1 Å². The zero-order chi connectivity index (χ0) is 20.8. The zero-order valence-electron chi connectivity index (χ0n) is 16.9. The highest BCUT2D eigenvalue weighted by atomic mass is 35.5. The Hall–Kier alpha value is -1.74. The fraction of sp³-hybridized carbons (Fsp3) is 0.524. The molecule has 2 fully saturated rings. The molecule has 1 aromatic carbocycles. The summed E-state index contributed by atoms with van der Waals surface area (Å²) in [6.07, 6.45) is 5.62. The Balaban J connectivity index is 1.30. The van der Waals surface area contributed by atoms with Crippen LogP contribution >= 0.6 is 23.7 Å². The van der Waals surface area contributed by atoms with Crippen molar-refractivity contribution in [1.82, 2.24) is 14.1 Å². The number of aromatic nitrogens is 2. The summed E-state index contributed by atoms with van der Waals surface area (Å²) < 4.78 is 12.7. The zero-order valence-corrected chi connectivity index (χ0v) is 18.5. The van der Waals surface area contributed by atoms with Crippen LogP contribution < -0.4 is 15.6 Å². The molecule has 30 heavy (non-hydrogen) atoms. The number of piperidine rings is 1. The molecule has 2 aliphatic heterocycles. The maximum Gasteiger partial charge on any atom is 0.287 e. The van der Waals surface area contributed by atoms with Crippen LogP contribution in [0.5, 0.6) is 0 Å². The topological polar surface area (TPSA) is 71.4 Å². The quantitative estimate of drug-likeness (QED) is 0.618. The van der Waals surface area contributed by atoms with E-state index in [1.54, 1.807) is 23.0 Å². The largest absolute Gasteiger partial charge is 0.382 e. The lowest BCUT2D eigenvalue weighted by molar-refractivity contribution is 0.0595. The lowest BCUT2D eigenvalue weighted by Crippen LogP contribution is -2.36. The average molecular weight is 450 g/mol. The molecule has 162 valence electrons. The molecule has 0 aliphatic carbocycles. The van der Waals surface area contributed by atoms with Crippen molar-refractivity contribution in [2.75, 3.05) is 42.9 Å². The number of nitrogens with one attached hydrogen (secondary N) is 2. The molecule has 3 heterocycles. The predicted molar refractivity (Wildman–Crippen MR) is 123 cm³/mol. The summed E-state index contributed by atoms with van der Waals surface area (Å²) in [6.45, 7) is 4.10. The van der Waals surface area contributed by atoms with Gasteiger partial charge in [-0.15, -0.1) is 0 Å². The van der Waals surface area contributed by atoms with E-state index < -0.39 is 0 Å². The minimum atomic E-state index is -0.213. The lowest BCUT2D eigenvalue weighted by atomic mass is 10.0. The second-order valence-corrected chi connectivity index (χ2v) is 9.09. The van der Waals surface area contributed by atoms with Crippen LogP contribution in [0.2, 0.25) is 5.02 Å². The summed E-state index contributed by atoms with van der Waals surface area (Å²) in [7, 11) is 0. The minimum absolute atomic E-state index is 0.0735. The van der Waals surface area contributed by atoms with E-state index in [4.69, 9.17) is 16.3 Å². The fourth-order valence-corrected chi connectivity index (χ4v) is 4.82. The number of hydrogen-bond acceptors (Lipinski definition) is 7. The molecule has 2 saturated heterocycles. The van der Waals surface area contributed by atoms with Crippen molar-refractivity contribution in [3.05, 3.63) is 51.9 Å². The molecule has 0 bridgehead atoms. The molecule has 2 aliphatic rings. The molecule has 7 nitrogen and oxygen atoms in total. The van der Waals surface area contributed by atoms with Gasteiger partial charge in [-0.3, -0.25) is 4.79 Å². The standard InChI is InChI=1S/C21H28ClN5O2S/c22-20-19(23-13-16-5-4-12-29-15-16)14-24-27(21(20)28)18-8-10-26(11-9-18)30-25-17-6-2-1-3-7-17/h1-3,6-7,14,16,18,23,25H,4-5,8-13,15H2. The maximum atomic E-state index is 12.8. The highest BCUT2D eigenvalue weighted by molar-refractivity contribution is 7.98. The van der Waals surface area contributed by atoms with Gasteiger partial charge in [0.1, 0.15) is 5.02 Å². The number of rotatable bonds is 7. The molecule has 0 amide bonds. The third kappa shape index (κ3) is 5.49. The van der Waals surface area contributed by atoms with Crippen molar-refractivity contribution in [1.29, 1.82) is 0 Å². The van der Waals surface area contributed by atoms with Gasteiger partial charge in [-0.1, -0.05) is 29.8 Å². The molecule has 2 aromatic rings. The summed E-state index contributed by atoms with van der Waals surface area (Å²) in [5.41, 5.74) is 1.48. The Morgan fingerprint density at radius 1 is 1.20 bits per heavy atom. The number of nitrogens with zero attached hydrogens (tertiary/aromatic N) is 3. The van der Waals surface area contributed by atoms with Crippen molar-refractivity contribution in [2.45, 2.75) is 31.7 Å². The number of benzene rings is 1. The first-order valence-electron chi connectivity index (χ1n) is 10.5. The normalized spacial score (nSPS) is 20.8. The third-order valence-corrected chi connectivity index (χ3v) is 6.93. The number of halogens is 1. The second-order valence-electron chi connectivity index (χ2n) is 7.81. The van der Waals surface area contributed by atoms with Crippen molar-refractivity contribution in [3.8, 4) is 0 Å². The lowest BCUT2D eigenvalue weighted by Gasteiger charge is -2.31. The van der Waals surface area contributed by atoms with Crippen LogP contribution in [-0.2, 0) is 4.74 Å². The van der Waals surface area contributed by atoms with Crippen LogP contribution in [0.3, 0.4) is 0 Å². The smallest absolute Gasteiger partial charge is 0.287 e. The summed E-state index contributed by atoms with van der Waals surface area (Å²) in [4.78, 5) is 12.8. The first kappa shape index (κ1) is 21.5. The maximum absolute atomic E-state index is 12.8. The molecule has 9 heteroatoms. The molecule has 0 saturated carbocycles. The second kappa shape index (κ2) is 10.5. The SMILES string of the molecule is O=c1c(Cl)c(NCC2CCCOC2)cnn1C1CCN(SNc2ccccc2)CC1. The average Bonchev–Trinajstić information content (AvgIpc) is 2.80. The predicted octanol–water partition coefficient (Wildman–Crippen LogP) is 4.05. The van der Waals surface area contributed by atoms with Gasteiger partial charge >= 0.3 is 0 Å². The Labute approximate surface area is 186 Å². The van der Waals surface area contributed by atoms with E-state index in [2.05, 4.69) is 19.4 Å². The first-order valence-corrected chi connectivity index (χ1v) is 11.7. The summed E-state index contributed by atoms with van der Waals surface area (Å²) in [6, 6.07) is 10.2. The van der Waals surface area contributed by atoms with Gasteiger partial charge in [-0.05, 0) is 43.7 Å². The van der Waals surface area contributed by atoms with Gasteiger partial charge in [-0.25, -0.2) is 8.99 Å². The van der Waals surface area contributed by atoms with Gasteiger partial charge in [0.25, 0.3) is 5.56 Å². The summed E-state index contributed by atoms with van der Waals surface area (Å²) in [5.74, 6) is 0.448. The number of para-hydroxylation sites is 1. The van der Waals surface area contributed by atoms with Crippen LogP contribution in [0.25, 0.3) is 0 Å². The molecule has 0 radical (unpaired) electrons. The Morgan fingerprint density at radius 3 is 2.73 bits per heavy atom. The van der Waals surface area contributed by atoms with Crippen molar-refractivity contribution in [3.63, 3.8) is 0 Å². The highest BCUT2D eigenvalue weighted by Crippen LogP contribution is 2.27. The van der Waals surface area contributed by atoms with Crippen LogP contribution in [0.1, 0.15) is 31.7 Å². The van der Waals surface area contributed by atoms with Crippen molar-refractivity contribution < 1.29 is 4.74 Å². The molecule has 2 N–H and O–H groups in total. The van der Waals surface area contributed by atoms with E-state index in [0.717, 1.165) is 64.2 Å². The number of anilines is 2. The summed E-state index contributed by atoms with van der Waals surface area (Å²) >= 11 is 8.00. The Kier molecular flexibility index (Phi) is 7.54.